The number of hydrogen-bond donors (Lipinski definition) is 3. The molecule has 0 spiro atoms. The van der Waals surface area contributed by atoms with Crippen LogP contribution in [0.4, 0.5) is 5.69 Å². The molecule has 0 aliphatic rings. The second kappa shape index (κ2) is 9.67. The monoisotopic (exact) mass is 413 g/mol. The second-order valence-electron chi connectivity index (χ2n) is 7.24. The number of nitrogens with zero attached hydrogens (tertiary/aromatic N) is 1. The van der Waals surface area contributed by atoms with E-state index in [1.165, 1.54) is 0 Å². The van der Waals surface area contributed by atoms with E-state index in [0.717, 1.165) is 35.5 Å². The first-order chi connectivity index (χ1) is 14.0. The number of aromatic nitrogens is 2. The Morgan fingerprint density at radius 3 is 2.79 bits per heavy atom. The minimum atomic E-state index is -0.151. The Kier molecular flexibility index (Phi) is 7.01. The average molecular weight is 414 g/mol. The van der Waals surface area contributed by atoms with Crippen LogP contribution in [0.15, 0.2) is 47.3 Å². The number of H-pyrrole nitrogens is 1. The summed E-state index contributed by atoms with van der Waals surface area (Å²) in [4.78, 5) is 33.5. The summed E-state index contributed by atoms with van der Waals surface area (Å²) in [7, 11) is 0. The van der Waals surface area contributed by atoms with Crippen molar-refractivity contribution >= 4 is 34.1 Å². The van der Waals surface area contributed by atoms with Gasteiger partial charge in [0, 0.05) is 10.7 Å². The van der Waals surface area contributed by atoms with Gasteiger partial charge in [0.15, 0.2) is 12.4 Å². The van der Waals surface area contributed by atoms with Gasteiger partial charge in [0.05, 0.1) is 17.4 Å². The van der Waals surface area contributed by atoms with Gasteiger partial charge in [0.2, 0.25) is 0 Å². The Hall–Kier alpha value is -2.70. The summed E-state index contributed by atoms with van der Waals surface area (Å²) in [5, 5.41) is 4.17. The molecule has 7 heteroatoms. The van der Waals surface area contributed by atoms with Gasteiger partial charge in [0.25, 0.3) is 11.5 Å². The number of halogens is 1. The van der Waals surface area contributed by atoms with E-state index < -0.39 is 0 Å². The van der Waals surface area contributed by atoms with Gasteiger partial charge >= 0.3 is 0 Å². The highest BCUT2D eigenvalue weighted by atomic mass is 35.5. The third-order valence-corrected chi connectivity index (χ3v) is 5.07. The number of hydrogen-bond acceptors (Lipinski definition) is 3. The van der Waals surface area contributed by atoms with Gasteiger partial charge in [-0.15, -0.1) is 0 Å². The number of unbranched alkanes of at least 4 members (excludes halogenated alkanes) is 1. The lowest BCUT2D eigenvalue weighted by Crippen LogP contribution is -3.12. The third-order valence-electron chi connectivity index (χ3n) is 4.84. The fraction of sp³-hybridized carbons (Fsp3) is 0.318. The summed E-state index contributed by atoms with van der Waals surface area (Å²) < 4.78 is 0. The summed E-state index contributed by atoms with van der Waals surface area (Å²) in [5.74, 6) is 0.514. The molecular weight excluding hydrogens is 388 g/mol. The Bertz CT molecular complexity index is 1060. The molecule has 152 valence electrons. The van der Waals surface area contributed by atoms with E-state index in [2.05, 4.69) is 22.2 Å². The molecule has 1 heterocycles. The van der Waals surface area contributed by atoms with Crippen LogP contribution in [0.25, 0.3) is 10.9 Å². The summed E-state index contributed by atoms with van der Waals surface area (Å²) in [6.45, 7) is 5.61. The SMILES string of the molecule is CCCC[NH+](CC(=O)Nc1ccc(Cl)cc1C)Cc1nc2ccccc2c(=O)[nH]1. The molecule has 0 saturated carbocycles. The summed E-state index contributed by atoms with van der Waals surface area (Å²) in [5.41, 5.74) is 2.19. The molecular formula is C22H26ClN4O2+. The molecule has 0 radical (unpaired) electrons. The van der Waals surface area contributed by atoms with Gasteiger partial charge in [-0.3, -0.25) is 9.59 Å². The highest BCUT2D eigenvalue weighted by molar-refractivity contribution is 6.30. The van der Waals surface area contributed by atoms with Crippen LogP contribution in [-0.2, 0) is 11.3 Å². The molecule has 2 aromatic carbocycles. The smallest absolute Gasteiger partial charge is 0.279 e. The van der Waals surface area contributed by atoms with E-state index in [-0.39, 0.29) is 11.5 Å². The van der Waals surface area contributed by atoms with Crippen LogP contribution >= 0.6 is 11.6 Å². The topological polar surface area (TPSA) is 79.3 Å². The van der Waals surface area contributed by atoms with E-state index in [1.54, 1.807) is 12.1 Å². The quantitative estimate of drug-likeness (QED) is 0.531. The first-order valence-corrected chi connectivity index (χ1v) is 10.2. The lowest BCUT2D eigenvalue weighted by molar-refractivity contribution is -0.906. The number of anilines is 1. The molecule has 3 aromatic rings. The number of rotatable bonds is 8. The number of para-hydroxylation sites is 1. The lowest BCUT2D eigenvalue weighted by atomic mass is 10.2. The van der Waals surface area contributed by atoms with Crippen LogP contribution in [0, 0.1) is 6.92 Å². The van der Waals surface area contributed by atoms with Gasteiger partial charge < -0.3 is 15.2 Å². The molecule has 0 bridgehead atoms. The van der Waals surface area contributed by atoms with Crippen molar-refractivity contribution in [3.8, 4) is 0 Å². The van der Waals surface area contributed by atoms with Crippen molar-refractivity contribution in [1.82, 2.24) is 9.97 Å². The highest BCUT2D eigenvalue weighted by Gasteiger charge is 2.17. The van der Waals surface area contributed by atoms with Crippen LogP contribution in [-0.4, -0.2) is 29.0 Å². The van der Waals surface area contributed by atoms with Crippen LogP contribution in [0.5, 0.6) is 0 Å². The van der Waals surface area contributed by atoms with Crippen molar-refractivity contribution in [2.75, 3.05) is 18.4 Å². The fourth-order valence-electron chi connectivity index (χ4n) is 3.31. The zero-order valence-corrected chi connectivity index (χ0v) is 17.5. The predicted octanol–water partition coefficient (Wildman–Crippen LogP) is 2.71. The zero-order chi connectivity index (χ0) is 20.8. The van der Waals surface area contributed by atoms with Gasteiger partial charge in [-0.25, -0.2) is 4.98 Å². The summed E-state index contributed by atoms with van der Waals surface area (Å²) in [6, 6.07) is 12.7. The molecule has 0 aliphatic carbocycles. The molecule has 0 aliphatic heterocycles. The lowest BCUT2D eigenvalue weighted by Gasteiger charge is -2.19. The van der Waals surface area contributed by atoms with Crippen molar-refractivity contribution in [2.45, 2.75) is 33.2 Å². The molecule has 0 saturated heterocycles. The van der Waals surface area contributed by atoms with Gasteiger partial charge in [0.1, 0.15) is 6.54 Å². The standard InChI is InChI=1S/C22H25ClN4O2/c1-3-4-11-27(14-21(28)25-18-10-9-16(23)12-15(18)2)13-20-24-19-8-6-5-7-17(19)22(29)26-20/h5-10,12H,3-4,11,13-14H2,1-2H3,(H,25,28)(H,24,26,29)/p+1. The highest BCUT2D eigenvalue weighted by Crippen LogP contribution is 2.19. The number of carbonyl (C=O) groups excluding carboxylic acids is 1. The summed E-state index contributed by atoms with van der Waals surface area (Å²) in [6.07, 6.45) is 2.02. The average Bonchev–Trinajstić information content (AvgIpc) is 2.68. The number of aromatic amines is 1. The van der Waals surface area contributed by atoms with Crippen molar-refractivity contribution in [2.24, 2.45) is 0 Å². The van der Waals surface area contributed by atoms with Crippen LogP contribution in [0.2, 0.25) is 5.02 Å². The van der Waals surface area contributed by atoms with Crippen LogP contribution < -0.4 is 15.8 Å². The van der Waals surface area contributed by atoms with Crippen LogP contribution in [0.3, 0.4) is 0 Å². The van der Waals surface area contributed by atoms with Gasteiger partial charge in [-0.05, 0) is 49.2 Å². The van der Waals surface area contributed by atoms with E-state index in [9.17, 15) is 9.59 Å². The number of amides is 1. The molecule has 3 rings (SSSR count). The Morgan fingerprint density at radius 1 is 1.24 bits per heavy atom. The maximum Gasteiger partial charge on any atom is 0.279 e. The first kappa shape index (κ1) is 21.0. The fourth-order valence-corrected chi connectivity index (χ4v) is 3.54. The molecule has 1 amide bonds. The van der Waals surface area contributed by atoms with E-state index in [1.807, 2.05) is 37.3 Å². The maximum absolute atomic E-state index is 12.6. The first-order valence-electron chi connectivity index (χ1n) is 9.83. The molecule has 1 atom stereocenters. The van der Waals surface area contributed by atoms with Crippen LogP contribution in [0.1, 0.15) is 31.2 Å². The normalized spacial score (nSPS) is 12.1. The van der Waals surface area contributed by atoms with Gasteiger partial charge in [-0.2, -0.15) is 0 Å². The van der Waals surface area contributed by atoms with Crippen molar-refractivity contribution in [1.29, 1.82) is 0 Å². The predicted molar refractivity (Wildman–Crippen MR) is 116 cm³/mol. The molecule has 0 fully saturated rings. The second-order valence-corrected chi connectivity index (χ2v) is 7.68. The maximum atomic E-state index is 12.6. The van der Waals surface area contributed by atoms with Crippen molar-refractivity contribution < 1.29 is 9.69 Å². The molecule has 1 unspecified atom stereocenters. The minimum Gasteiger partial charge on any atom is -0.321 e. The van der Waals surface area contributed by atoms with E-state index in [4.69, 9.17) is 11.6 Å². The third kappa shape index (κ3) is 5.65. The minimum absolute atomic E-state index is 0.0790. The zero-order valence-electron chi connectivity index (χ0n) is 16.7. The Balaban J connectivity index is 1.74. The molecule has 29 heavy (non-hydrogen) atoms. The van der Waals surface area contributed by atoms with E-state index in [0.29, 0.717) is 34.8 Å². The van der Waals surface area contributed by atoms with Gasteiger partial charge in [-0.1, -0.05) is 37.1 Å². The van der Waals surface area contributed by atoms with Crippen molar-refractivity contribution in [3.05, 3.63) is 69.2 Å². The number of benzene rings is 2. The molecule has 1 aromatic heterocycles. The summed E-state index contributed by atoms with van der Waals surface area (Å²) >= 11 is 5.99. The number of carbonyl (C=O) groups is 1. The number of aryl methyl sites for hydroxylation is 1. The molecule has 6 nitrogen and oxygen atoms in total. The number of fused-ring (bicyclic) bond motifs is 1. The number of quaternary nitrogens is 1. The Morgan fingerprint density at radius 2 is 2.03 bits per heavy atom. The van der Waals surface area contributed by atoms with E-state index >= 15 is 0 Å². The molecule has 3 N–H and O–H groups in total. The number of nitrogens with one attached hydrogen (secondary N) is 3. The largest absolute Gasteiger partial charge is 0.321 e. The van der Waals surface area contributed by atoms with Crippen molar-refractivity contribution in [3.63, 3.8) is 0 Å². The Labute approximate surface area is 174 Å².